The minimum Gasteiger partial charge on any atom is -0.481 e. The number of nitriles is 1. The molecule has 2 aromatic rings. The van der Waals surface area contributed by atoms with Crippen LogP contribution in [0.15, 0.2) is 36.4 Å². The van der Waals surface area contributed by atoms with Crippen LogP contribution in [0.25, 0.3) is 0 Å². The molecule has 0 fully saturated rings. The van der Waals surface area contributed by atoms with E-state index in [0.717, 1.165) is 0 Å². The number of esters is 1. The summed E-state index contributed by atoms with van der Waals surface area (Å²) in [7, 11) is 1.25. The number of amides is 1. The van der Waals surface area contributed by atoms with Gasteiger partial charge in [0.25, 0.3) is 5.91 Å². The molecule has 2 aromatic carbocycles. The Labute approximate surface area is 137 Å². The molecule has 7 heteroatoms. The van der Waals surface area contributed by atoms with Gasteiger partial charge in [-0.15, -0.1) is 0 Å². The van der Waals surface area contributed by atoms with Crippen molar-refractivity contribution in [2.24, 2.45) is 0 Å². The Morgan fingerprint density at radius 2 is 2.12 bits per heavy atom. The molecule has 24 heavy (non-hydrogen) atoms. The molecule has 0 saturated carbocycles. The van der Waals surface area contributed by atoms with Gasteiger partial charge in [-0.2, -0.15) is 5.26 Å². The Morgan fingerprint density at radius 1 is 1.29 bits per heavy atom. The number of fused-ring (bicyclic) bond motifs is 2. The van der Waals surface area contributed by atoms with E-state index in [2.05, 4.69) is 10.1 Å². The highest BCUT2D eigenvalue weighted by molar-refractivity contribution is 6.10. The molecule has 0 aromatic heterocycles. The van der Waals surface area contributed by atoms with E-state index in [0.29, 0.717) is 22.7 Å². The summed E-state index contributed by atoms with van der Waals surface area (Å²) >= 11 is 0. The van der Waals surface area contributed by atoms with Crippen molar-refractivity contribution in [1.82, 2.24) is 0 Å². The molecule has 0 atom stereocenters. The predicted octanol–water partition coefficient (Wildman–Crippen LogP) is 2.47. The molecular formula is C17H12N2O5. The molecule has 1 amide bonds. The quantitative estimate of drug-likeness (QED) is 0.871. The Kier molecular flexibility index (Phi) is 4.03. The predicted molar refractivity (Wildman–Crippen MR) is 83.1 cm³/mol. The van der Waals surface area contributed by atoms with Gasteiger partial charge in [-0.25, -0.2) is 4.79 Å². The lowest BCUT2D eigenvalue weighted by molar-refractivity contribution is -0.142. The van der Waals surface area contributed by atoms with Crippen LogP contribution in [0.2, 0.25) is 0 Å². The first-order chi connectivity index (χ1) is 11.6. The Morgan fingerprint density at radius 3 is 2.88 bits per heavy atom. The van der Waals surface area contributed by atoms with Gasteiger partial charge in [0.15, 0.2) is 12.4 Å². The van der Waals surface area contributed by atoms with E-state index in [9.17, 15) is 9.59 Å². The molecule has 1 N–H and O–H groups in total. The normalized spacial score (nSPS) is 11.8. The monoisotopic (exact) mass is 324 g/mol. The first kappa shape index (κ1) is 15.4. The van der Waals surface area contributed by atoms with Gasteiger partial charge in [-0.1, -0.05) is 6.07 Å². The summed E-state index contributed by atoms with van der Waals surface area (Å²) < 4.78 is 15.6. The molecule has 1 aliphatic rings. The summed E-state index contributed by atoms with van der Waals surface area (Å²) in [5.74, 6) is -0.128. The second kappa shape index (κ2) is 6.30. The van der Waals surface area contributed by atoms with Crippen LogP contribution in [0.3, 0.4) is 0 Å². The second-order valence-corrected chi connectivity index (χ2v) is 4.87. The summed E-state index contributed by atoms with van der Waals surface area (Å²) in [6.07, 6.45) is 0. The smallest absolute Gasteiger partial charge is 0.343 e. The lowest BCUT2D eigenvalue weighted by atomic mass is 10.1. The van der Waals surface area contributed by atoms with E-state index in [1.807, 2.05) is 6.07 Å². The first-order valence-corrected chi connectivity index (χ1v) is 6.98. The van der Waals surface area contributed by atoms with Crippen LogP contribution in [-0.4, -0.2) is 25.6 Å². The number of nitrogens with one attached hydrogen (secondary N) is 1. The van der Waals surface area contributed by atoms with Crippen molar-refractivity contribution >= 4 is 17.6 Å². The fourth-order valence-electron chi connectivity index (χ4n) is 2.23. The molecule has 3 rings (SSSR count). The van der Waals surface area contributed by atoms with E-state index in [-0.39, 0.29) is 17.9 Å². The molecule has 0 unspecified atom stereocenters. The third kappa shape index (κ3) is 2.85. The van der Waals surface area contributed by atoms with Crippen molar-refractivity contribution < 1.29 is 23.8 Å². The molecule has 120 valence electrons. The van der Waals surface area contributed by atoms with Gasteiger partial charge in [0.05, 0.1) is 24.4 Å². The van der Waals surface area contributed by atoms with E-state index >= 15 is 0 Å². The zero-order chi connectivity index (χ0) is 17.1. The van der Waals surface area contributed by atoms with Gasteiger partial charge in [0.1, 0.15) is 17.1 Å². The molecule has 0 spiro atoms. The van der Waals surface area contributed by atoms with Gasteiger partial charge in [0.2, 0.25) is 0 Å². The highest BCUT2D eigenvalue weighted by Crippen LogP contribution is 2.39. The topological polar surface area (TPSA) is 97.6 Å². The van der Waals surface area contributed by atoms with Crippen molar-refractivity contribution in [3.8, 4) is 23.3 Å². The second-order valence-electron chi connectivity index (χ2n) is 4.87. The lowest BCUT2D eigenvalue weighted by Crippen LogP contribution is -2.16. The van der Waals surface area contributed by atoms with Crippen LogP contribution in [0.5, 0.6) is 17.2 Å². The molecule has 7 nitrogen and oxygen atoms in total. The van der Waals surface area contributed by atoms with E-state index in [1.165, 1.54) is 13.2 Å². The molecule has 0 radical (unpaired) electrons. The van der Waals surface area contributed by atoms with Gasteiger partial charge in [0, 0.05) is 0 Å². The average molecular weight is 324 g/mol. The first-order valence-electron chi connectivity index (χ1n) is 6.98. The number of carbonyl (C=O) groups excluding carboxylic acids is 2. The molecule has 0 aliphatic carbocycles. The Hall–Kier alpha value is -3.53. The van der Waals surface area contributed by atoms with Crippen molar-refractivity contribution in [3.05, 3.63) is 47.5 Å². The van der Waals surface area contributed by atoms with Crippen molar-refractivity contribution in [2.75, 3.05) is 19.0 Å². The van der Waals surface area contributed by atoms with E-state index in [4.69, 9.17) is 14.7 Å². The van der Waals surface area contributed by atoms with Crippen molar-refractivity contribution in [2.45, 2.75) is 0 Å². The van der Waals surface area contributed by atoms with Crippen molar-refractivity contribution in [1.29, 1.82) is 5.26 Å². The van der Waals surface area contributed by atoms with E-state index < -0.39 is 11.9 Å². The van der Waals surface area contributed by atoms with Crippen molar-refractivity contribution in [3.63, 3.8) is 0 Å². The van der Waals surface area contributed by atoms with Crippen LogP contribution in [0.4, 0.5) is 5.69 Å². The van der Waals surface area contributed by atoms with Gasteiger partial charge >= 0.3 is 5.97 Å². The maximum atomic E-state index is 12.5. The third-order valence-corrected chi connectivity index (χ3v) is 3.37. The lowest BCUT2D eigenvalue weighted by Gasteiger charge is -2.11. The largest absolute Gasteiger partial charge is 0.481 e. The minimum absolute atomic E-state index is 0.163. The number of anilines is 1. The third-order valence-electron chi connectivity index (χ3n) is 3.37. The number of nitrogens with zero attached hydrogens (tertiary/aromatic N) is 1. The Bertz CT molecular complexity index is 870. The number of benzene rings is 2. The summed E-state index contributed by atoms with van der Waals surface area (Å²) in [6, 6.07) is 11.5. The summed E-state index contributed by atoms with van der Waals surface area (Å²) in [4.78, 5) is 23.8. The number of hydrogen-bond acceptors (Lipinski definition) is 6. The maximum absolute atomic E-state index is 12.5. The molecule has 1 heterocycles. The molecule has 0 bridgehead atoms. The number of carbonyl (C=O) groups is 2. The van der Waals surface area contributed by atoms with Crippen LogP contribution >= 0.6 is 0 Å². The molecule has 1 aliphatic heterocycles. The van der Waals surface area contributed by atoms with Gasteiger partial charge < -0.3 is 19.5 Å². The van der Waals surface area contributed by atoms with Crippen LogP contribution in [0, 0.1) is 11.3 Å². The van der Waals surface area contributed by atoms with E-state index in [1.54, 1.807) is 30.3 Å². The average Bonchev–Trinajstić information content (AvgIpc) is 2.74. The van der Waals surface area contributed by atoms with Crippen LogP contribution in [-0.2, 0) is 9.53 Å². The minimum atomic E-state index is -0.565. The maximum Gasteiger partial charge on any atom is 0.343 e. The zero-order valence-electron chi connectivity index (χ0n) is 12.7. The standard InChI is InChI=1S/C17H12N2O5/c1-22-15(20)9-23-13-3-2-4-14-16(13)17(21)19-11-7-10(8-18)5-6-12(11)24-14/h2-7H,9H2,1H3,(H,19,21). The Balaban J connectivity index is 1.98. The summed E-state index contributed by atoms with van der Waals surface area (Å²) in [6.45, 7) is -0.328. The van der Waals surface area contributed by atoms with Gasteiger partial charge in [-0.3, -0.25) is 4.79 Å². The fourth-order valence-corrected chi connectivity index (χ4v) is 2.23. The number of hydrogen-bond donors (Lipinski definition) is 1. The van der Waals surface area contributed by atoms with Crippen LogP contribution < -0.4 is 14.8 Å². The molecule has 0 saturated heterocycles. The summed E-state index contributed by atoms with van der Waals surface area (Å²) in [5, 5.41) is 11.7. The molecular weight excluding hydrogens is 312 g/mol. The zero-order valence-corrected chi connectivity index (χ0v) is 12.7. The van der Waals surface area contributed by atoms with Gasteiger partial charge in [-0.05, 0) is 30.3 Å². The SMILES string of the molecule is COC(=O)COc1cccc2c1C(=O)Nc1cc(C#N)ccc1O2. The fraction of sp³-hybridized carbons (Fsp3) is 0.118. The van der Waals surface area contributed by atoms with Crippen LogP contribution in [0.1, 0.15) is 15.9 Å². The number of rotatable bonds is 3. The number of ether oxygens (including phenoxy) is 3. The number of methoxy groups -OCH3 is 1. The summed E-state index contributed by atoms with van der Waals surface area (Å²) in [5.41, 5.74) is 0.941. The highest BCUT2D eigenvalue weighted by Gasteiger charge is 2.25. The highest BCUT2D eigenvalue weighted by atomic mass is 16.6.